The Kier molecular flexibility index (Phi) is 4.67. The van der Waals surface area contributed by atoms with Crippen LogP contribution in [0.15, 0.2) is 42.5 Å². The summed E-state index contributed by atoms with van der Waals surface area (Å²) in [5.74, 6) is 0.152. The Morgan fingerprint density at radius 1 is 1.12 bits per heavy atom. The van der Waals surface area contributed by atoms with Gasteiger partial charge in [-0.3, -0.25) is 0 Å². The molecule has 0 saturated heterocycles. The van der Waals surface area contributed by atoms with Gasteiger partial charge in [0.15, 0.2) is 0 Å². The minimum absolute atomic E-state index is 0. The van der Waals surface area contributed by atoms with Crippen molar-refractivity contribution in [2.45, 2.75) is 13.1 Å². The number of phenols is 1. The van der Waals surface area contributed by atoms with Gasteiger partial charge in [0.1, 0.15) is 11.9 Å². The Bertz CT molecular complexity index is 502. The van der Waals surface area contributed by atoms with E-state index < -0.39 is 6.17 Å². The summed E-state index contributed by atoms with van der Waals surface area (Å²) < 4.78 is 13.1. The molecule has 0 aliphatic rings. The third kappa shape index (κ3) is 3.05. The van der Waals surface area contributed by atoms with Crippen LogP contribution in [0, 0.1) is 0 Å². The fraction of sp³-hybridized carbons (Fsp3) is 0.154. The summed E-state index contributed by atoms with van der Waals surface area (Å²) in [6.45, 7) is 1.44. The van der Waals surface area contributed by atoms with Crippen molar-refractivity contribution in [3.8, 4) is 17.0 Å². The largest absolute Gasteiger partial charge is 0.507 e. The van der Waals surface area contributed by atoms with Crippen LogP contribution in [0.5, 0.6) is 5.75 Å². The number of aromatic nitrogens is 1. The molecule has 2 nitrogen and oxygen atoms in total. The first-order chi connectivity index (χ1) is 7.68. The smallest absolute Gasteiger partial charge is 0.139 e. The van der Waals surface area contributed by atoms with E-state index >= 15 is 0 Å². The molecule has 0 spiro atoms. The maximum Gasteiger partial charge on any atom is 0.139 e. The maximum atomic E-state index is 13.1. The van der Waals surface area contributed by atoms with Gasteiger partial charge in [-0.1, -0.05) is 18.2 Å². The normalized spacial score (nSPS) is 11.6. The molecule has 1 aromatic carbocycles. The van der Waals surface area contributed by atoms with Gasteiger partial charge in [0.25, 0.3) is 0 Å². The molecular formula is C13H12FFeNO. The summed E-state index contributed by atoms with van der Waals surface area (Å²) in [5.41, 5.74) is 1.57. The molecule has 0 bridgehead atoms. The van der Waals surface area contributed by atoms with Crippen LogP contribution in [0.1, 0.15) is 18.8 Å². The van der Waals surface area contributed by atoms with Gasteiger partial charge >= 0.3 is 0 Å². The number of halogens is 1. The van der Waals surface area contributed by atoms with Crippen LogP contribution >= 0.6 is 0 Å². The van der Waals surface area contributed by atoms with E-state index in [2.05, 4.69) is 4.98 Å². The molecule has 4 heteroatoms. The average Bonchev–Trinajstić information content (AvgIpc) is 2.30. The molecule has 0 fully saturated rings. The van der Waals surface area contributed by atoms with Crippen molar-refractivity contribution in [3.63, 3.8) is 0 Å². The zero-order valence-corrected chi connectivity index (χ0v) is 10.3. The first-order valence-corrected chi connectivity index (χ1v) is 5.08. The average molecular weight is 273 g/mol. The van der Waals surface area contributed by atoms with Crippen molar-refractivity contribution in [1.29, 1.82) is 0 Å². The molecule has 90 valence electrons. The van der Waals surface area contributed by atoms with E-state index in [4.69, 9.17) is 0 Å². The summed E-state index contributed by atoms with van der Waals surface area (Å²) in [7, 11) is 0. The Morgan fingerprint density at radius 3 is 2.47 bits per heavy atom. The topological polar surface area (TPSA) is 33.1 Å². The first kappa shape index (κ1) is 13.7. The molecule has 0 aliphatic carbocycles. The van der Waals surface area contributed by atoms with Gasteiger partial charge in [-0.25, -0.2) is 9.37 Å². The number of aromatic hydroxyl groups is 1. The van der Waals surface area contributed by atoms with Gasteiger partial charge in [0.2, 0.25) is 0 Å². The predicted octanol–water partition coefficient (Wildman–Crippen LogP) is 3.48. The van der Waals surface area contributed by atoms with E-state index in [1.807, 2.05) is 6.07 Å². The van der Waals surface area contributed by atoms with Crippen LogP contribution in [0.25, 0.3) is 11.3 Å². The van der Waals surface area contributed by atoms with Gasteiger partial charge in [-0.05, 0) is 31.2 Å². The van der Waals surface area contributed by atoms with Gasteiger partial charge in [0.05, 0.1) is 11.4 Å². The molecule has 1 N–H and O–H groups in total. The summed E-state index contributed by atoms with van der Waals surface area (Å²) in [5, 5.41) is 9.66. The van der Waals surface area contributed by atoms with Crippen molar-refractivity contribution >= 4 is 0 Å². The zero-order valence-electron chi connectivity index (χ0n) is 9.24. The van der Waals surface area contributed by atoms with E-state index in [-0.39, 0.29) is 22.8 Å². The SMILES string of the molecule is CC(F)c1cccc(-c2ccccc2O)n1.[Fe]. The monoisotopic (exact) mass is 273 g/mol. The number of hydrogen-bond donors (Lipinski definition) is 1. The van der Waals surface area contributed by atoms with E-state index in [1.54, 1.807) is 36.4 Å². The van der Waals surface area contributed by atoms with E-state index in [0.717, 1.165) is 0 Å². The number of phenolic OH excluding ortho intramolecular Hbond substituents is 1. The molecule has 2 aromatic rings. The summed E-state index contributed by atoms with van der Waals surface area (Å²) in [4.78, 5) is 4.17. The molecule has 1 unspecified atom stereocenters. The standard InChI is InChI=1S/C13H12FNO.Fe/c1-9(14)11-6-4-7-12(15-11)10-5-2-3-8-13(10)16;/h2-9,16H,1H3;. The van der Waals surface area contributed by atoms with Gasteiger partial charge in [-0.15, -0.1) is 0 Å². The Balaban J connectivity index is 0.00000144. The van der Waals surface area contributed by atoms with Crippen molar-refractivity contribution in [1.82, 2.24) is 4.98 Å². The third-order valence-corrected chi connectivity index (χ3v) is 2.36. The van der Waals surface area contributed by atoms with Crippen LogP contribution in [0.2, 0.25) is 0 Å². The number of hydrogen-bond acceptors (Lipinski definition) is 2. The van der Waals surface area contributed by atoms with Gasteiger partial charge in [-0.2, -0.15) is 0 Å². The van der Waals surface area contributed by atoms with Crippen molar-refractivity contribution in [3.05, 3.63) is 48.2 Å². The number of para-hydroxylation sites is 1. The fourth-order valence-electron chi connectivity index (χ4n) is 1.51. The van der Waals surface area contributed by atoms with E-state index in [1.165, 1.54) is 6.92 Å². The second kappa shape index (κ2) is 5.80. The maximum absolute atomic E-state index is 13.1. The summed E-state index contributed by atoms with van der Waals surface area (Å²) in [6.07, 6.45) is -1.11. The molecule has 17 heavy (non-hydrogen) atoms. The van der Waals surface area contributed by atoms with Gasteiger partial charge in [0, 0.05) is 22.6 Å². The molecule has 1 aromatic heterocycles. The van der Waals surface area contributed by atoms with Crippen molar-refractivity contribution in [2.75, 3.05) is 0 Å². The number of pyridine rings is 1. The number of rotatable bonds is 2. The quantitative estimate of drug-likeness (QED) is 0.850. The molecule has 2 rings (SSSR count). The summed E-state index contributed by atoms with van der Waals surface area (Å²) >= 11 is 0. The predicted molar refractivity (Wildman–Crippen MR) is 60.9 cm³/mol. The number of alkyl halides is 1. The third-order valence-electron chi connectivity index (χ3n) is 2.36. The van der Waals surface area contributed by atoms with Crippen LogP contribution < -0.4 is 0 Å². The van der Waals surface area contributed by atoms with Crippen LogP contribution in [0.4, 0.5) is 4.39 Å². The van der Waals surface area contributed by atoms with Crippen LogP contribution in [0.3, 0.4) is 0 Å². The van der Waals surface area contributed by atoms with Crippen molar-refractivity contribution < 1.29 is 26.6 Å². The Morgan fingerprint density at radius 2 is 1.82 bits per heavy atom. The van der Waals surface area contributed by atoms with E-state index in [0.29, 0.717) is 17.0 Å². The van der Waals surface area contributed by atoms with Crippen LogP contribution in [-0.2, 0) is 17.1 Å². The first-order valence-electron chi connectivity index (χ1n) is 5.08. The van der Waals surface area contributed by atoms with Gasteiger partial charge < -0.3 is 5.11 Å². The van der Waals surface area contributed by atoms with E-state index in [9.17, 15) is 9.50 Å². The Labute approximate surface area is 110 Å². The minimum Gasteiger partial charge on any atom is -0.507 e. The minimum atomic E-state index is -1.11. The summed E-state index contributed by atoms with van der Waals surface area (Å²) in [6, 6.07) is 12.0. The number of nitrogens with zero attached hydrogens (tertiary/aromatic N) is 1. The molecule has 0 saturated carbocycles. The molecule has 0 radical (unpaired) electrons. The van der Waals surface area contributed by atoms with Crippen molar-refractivity contribution in [2.24, 2.45) is 0 Å². The molecular weight excluding hydrogens is 261 g/mol. The second-order valence-electron chi connectivity index (χ2n) is 3.58. The number of benzene rings is 1. The molecule has 1 atom stereocenters. The molecule has 1 heterocycles. The molecule has 0 aliphatic heterocycles. The van der Waals surface area contributed by atoms with Crippen LogP contribution in [-0.4, -0.2) is 10.1 Å². The zero-order chi connectivity index (χ0) is 11.5. The second-order valence-corrected chi connectivity index (χ2v) is 3.58. The fourth-order valence-corrected chi connectivity index (χ4v) is 1.51. The Hall–Kier alpha value is -1.38. The molecule has 0 amide bonds.